The van der Waals surface area contributed by atoms with E-state index < -0.39 is 0 Å². The molecular weight excluding hydrogens is 266 g/mol. The van der Waals surface area contributed by atoms with Crippen molar-refractivity contribution in [1.82, 2.24) is 5.32 Å². The second-order valence-electron chi connectivity index (χ2n) is 6.45. The van der Waals surface area contributed by atoms with Crippen LogP contribution in [0.2, 0.25) is 0 Å². The van der Waals surface area contributed by atoms with Crippen LogP contribution < -0.4 is 10.1 Å². The molecule has 2 aliphatic carbocycles. The Kier molecular flexibility index (Phi) is 4.04. The first-order valence-corrected chi connectivity index (χ1v) is 7.83. The number of hydrogen-bond acceptors (Lipinski definition) is 3. The van der Waals surface area contributed by atoms with Crippen LogP contribution in [-0.2, 0) is 4.79 Å². The van der Waals surface area contributed by atoms with Crippen molar-refractivity contribution in [3.63, 3.8) is 0 Å². The standard InChI is InChI=1S/C17H23NO3/c1-11(14-9-12-6-7-13(14)8-12)18-17(20)10-21-16-5-3-2-4-15(16)19/h2-5,11-14,19H,6-10H2,1H3,(H,18,20)/t11-,12-,13-,14+/m1/s1. The van der Waals surface area contributed by atoms with E-state index in [9.17, 15) is 9.90 Å². The van der Waals surface area contributed by atoms with Gasteiger partial charge >= 0.3 is 0 Å². The van der Waals surface area contributed by atoms with E-state index in [4.69, 9.17) is 4.74 Å². The number of fused-ring (bicyclic) bond motifs is 2. The summed E-state index contributed by atoms with van der Waals surface area (Å²) in [4.78, 5) is 12.0. The number of hydrogen-bond donors (Lipinski definition) is 2. The normalized spacial score (nSPS) is 28.3. The quantitative estimate of drug-likeness (QED) is 0.876. The molecule has 3 rings (SSSR count). The van der Waals surface area contributed by atoms with Gasteiger partial charge in [-0.2, -0.15) is 0 Å². The lowest BCUT2D eigenvalue weighted by atomic mass is 9.84. The number of benzene rings is 1. The number of para-hydroxylation sites is 2. The average molecular weight is 289 g/mol. The first kappa shape index (κ1) is 14.2. The van der Waals surface area contributed by atoms with Gasteiger partial charge < -0.3 is 15.2 Å². The third-order valence-corrected chi connectivity index (χ3v) is 5.05. The van der Waals surface area contributed by atoms with Crippen molar-refractivity contribution in [2.45, 2.75) is 38.6 Å². The fourth-order valence-electron chi connectivity index (χ4n) is 4.03. The Bertz CT molecular complexity index is 517. The molecule has 2 N–H and O–H groups in total. The predicted octanol–water partition coefficient (Wildman–Crippen LogP) is 2.71. The first-order chi connectivity index (χ1) is 10.1. The highest BCUT2D eigenvalue weighted by molar-refractivity contribution is 5.77. The molecule has 0 aromatic heterocycles. The molecule has 21 heavy (non-hydrogen) atoms. The predicted molar refractivity (Wildman–Crippen MR) is 80.1 cm³/mol. The highest BCUT2D eigenvalue weighted by Crippen LogP contribution is 2.49. The zero-order valence-corrected chi connectivity index (χ0v) is 12.4. The molecule has 1 aromatic carbocycles. The van der Waals surface area contributed by atoms with E-state index in [1.807, 2.05) is 0 Å². The molecule has 0 saturated heterocycles. The van der Waals surface area contributed by atoms with E-state index in [1.165, 1.54) is 25.7 Å². The fraction of sp³-hybridized carbons (Fsp3) is 0.588. The van der Waals surface area contributed by atoms with Crippen molar-refractivity contribution in [2.24, 2.45) is 17.8 Å². The maximum Gasteiger partial charge on any atom is 0.258 e. The van der Waals surface area contributed by atoms with Crippen LogP contribution in [0.1, 0.15) is 32.6 Å². The monoisotopic (exact) mass is 289 g/mol. The van der Waals surface area contributed by atoms with E-state index in [1.54, 1.807) is 24.3 Å². The summed E-state index contributed by atoms with van der Waals surface area (Å²) in [6.07, 6.45) is 5.30. The zero-order chi connectivity index (χ0) is 14.8. The molecule has 2 saturated carbocycles. The van der Waals surface area contributed by atoms with Gasteiger partial charge in [-0.25, -0.2) is 0 Å². The van der Waals surface area contributed by atoms with Crippen LogP contribution in [0, 0.1) is 17.8 Å². The smallest absolute Gasteiger partial charge is 0.258 e. The number of phenols is 1. The number of rotatable bonds is 5. The van der Waals surface area contributed by atoms with Gasteiger partial charge in [0, 0.05) is 6.04 Å². The van der Waals surface area contributed by atoms with Crippen LogP contribution in [-0.4, -0.2) is 23.7 Å². The third kappa shape index (κ3) is 3.14. The molecule has 0 aliphatic heterocycles. The fourth-order valence-corrected chi connectivity index (χ4v) is 4.03. The molecule has 2 aliphatic rings. The lowest BCUT2D eigenvalue weighted by molar-refractivity contribution is -0.124. The number of aromatic hydroxyl groups is 1. The number of nitrogens with one attached hydrogen (secondary N) is 1. The van der Waals surface area contributed by atoms with Gasteiger partial charge in [-0.05, 0) is 56.1 Å². The second-order valence-corrected chi connectivity index (χ2v) is 6.45. The van der Waals surface area contributed by atoms with Crippen LogP contribution in [0.5, 0.6) is 11.5 Å². The van der Waals surface area contributed by atoms with E-state index >= 15 is 0 Å². The summed E-state index contributed by atoms with van der Waals surface area (Å²) in [6.45, 7) is 2.05. The van der Waals surface area contributed by atoms with Gasteiger partial charge in [0.25, 0.3) is 5.91 Å². The van der Waals surface area contributed by atoms with Crippen LogP contribution in [0.15, 0.2) is 24.3 Å². The Labute approximate surface area is 125 Å². The molecule has 4 heteroatoms. The lowest BCUT2D eigenvalue weighted by Crippen LogP contribution is -2.42. The van der Waals surface area contributed by atoms with Crippen molar-refractivity contribution < 1.29 is 14.6 Å². The van der Waals surface area contributed by atoms with Crippen LogP contribution in [0.3, 0.4) is 0 Å². The highest BCUT2D eigenvalue weighted by Gasteiger charge is 2.42. The molecule has 0 radical (unpaired) electrons. The van der Waals surface area contributed by atoms with E-state index in [-0.39, 0.29) is 24.3 Å². The van der Waals surface area contributed by atoms with Crippen LogP contribution in [0.4, 0.5) is 0 Å². The Hall–Kier alpha value is -1.71. The second kappa shape index (κ2) is 5.96. The van der Waals surface area contributed by atoms with Gasteiger partial charge in [0.05, 0.1) is 0 Å². The molecule has 4 atom stereocenters. The van der Waals surface area contributed by atoms with Gasteiger partial charge in [0.1, 0.15) is 0 Å². The van der Waals surface area contributed by atoms with E-state index in [0.29, 0.717) is 11.7 Å². The number of amides is 1. The SMILES string of the molecule is C[C@@H](NC(=O)COc1ccccc1O)[C@@H]1C[C@@H]2CC[C@@H]1C2. The maximum atomic E-state index is 12.0. The minimum Gasteiger partial charge on any atom is -0.504 e. The maximum absolute atomic E-state index is 12.0. The molecule has 0 unspecified atom stereocenters. The van der Waals surface area contributed by atoms with Gasteiger partial charge in [-0.15, -0.1) is 0 Å². The summed E-state index contributed by atoms with van der Waals surface area (Å²) in [6, 6.07) is 6.90. The minimum absolute atomic E-state index is 0.0528. The zero-order valence-electron chi connectivity index (χ0n) is 12.4. The van der Waals surface area contributed by atoms with E-state index in [0.717, 1.165) is 11.8 Å². The Morgan fingerprint density at radius 1 is 1.38 bits per heavy atom. The molecule has 2 bridgehead atoms. The van der Waals surface area contributed by atoms with Crippen molar-refractivity contribution in [3.05, 3.63) is 24.3 Å². The third-order valence-electron chi connectivity index (χ3n) is 5.05. The summed E-state index contributed by atoms with van der Waals surface area (Å²) in [5, 5.41) is 12.6. The van der Waals surface area contributed by atoms with Gasteiger partial charge in [-0.3, -0.25) is 4.79 Å². The highest BCUT2D eigenvalue weighted by atomic mass is 16.5. The average Bonchev–Trinajstić information content (AvgIpc) is 3.09. The van der Waals surface area contributed by atoms with Crippen molar-refractivity contribution in [1.29, 1.82) is 0 Å². The summed E-state index contributed by atoms with van der Waals surface area (Å²) in [5.74, 6) is 2.60. The summed E-state index contributed by atoms with van der Waals surface area (Å²) in [5.41, 5.74) is 0. The van der Waals surface area contributed by atoms with Crippen LogP contribution in [0.25, 0.3) is 0 Å². The first-order valence-electron chi connectivity index (χ1n) is 7.83. The molecular formula is C17H23NO3. The largest absolute Gasteiger partial charge is 0.504 e. The number of carbonyl (C=O) groups excluding carboxylic acids is 1. The van der Waals surface area contributed by atoms with Gasteiger partial charge in [-0.1, -0.05) is 18.6 Å². The summed E-state index contributed by atoms with van der Waals surface area (Å²) < 4.78 is 5.36. The number of phenolic OH excluding ortho intramolecular Hbond substituents is 1. The number of ether oxygens (including phenoxy) is 1. The Balaban J connectivity index is 1.47. The van der Waals surface area contributed by atoms with Crippen molar-refractivity contribution in [3.8, 4) is 11.5 Å². The molecule has 1 amide bonds. The summed E-state index contributed by atoms with van der Waals surface area (Å²) in [7, 11) is 0. The number of carbonyl (C=O) groups is 1. The molecule has 114 valence electrons. The topological polar surface area (TPSA) is 58.6 Å². The van der Waals surface area contributed by atoms with Gasteiger partial charge in [0.2, 0.25) is 0 Å². The Morgan fingerprint density at radius 3 is 2.86 bits per heavy atom. The van der Waals surface area contributed by atoms with Gasteiger partial charge in [0.15, 0.2) is 18.1 Å². The van der Waals surface area contributed by atoms with Crippen molar-refractivity contribution >= 4 is 5.91 Å². The van der Waals surface area contributed by atoms with Crippen LogP contribution >= 0.6 is 0 Å². The van der Waals surface area contributed by atoms with E-state index in [2.05, 4.69) is 12.2 Å². The molecule has 1 aromatic rings. The minimum atomic E-state index is -0.117. The van der Waals surface area contributed by atoms with Crippen molar-refractivity contribution in [2.75, 3.05) is 6.61 Å². The molecule has 0 heterocycles. The lowest BCUT2D eigenvalue weighted by Gasteiger charge is -2.28. The molecule has 2 fully saturated rings. The summed E-state index contributed by atoms with van der Waals surface area (Å²) >= 11 is 0. The molecule has 4 nitrogen and oxygen atoms in total. The molecule has 0 spiro atoms. The Morgan fingerprint density at radius 2 is 2.19 bits per heavy atom.